The minimum absolute atomic E-state index is 0. The Morgan fingerprint density at radius 3 is 2.25 bits per heavy atom. The van der Waals surface area contributed by atoms with Gasteiger partial charge in [-0.15, -0.1) is 12.4 Å². The number of rotatable bonds is 9. The summed E-state index contributed by atoms with van der Waals surface area (Å²) in [6.45, 7) is 4.15. The van der Waals surface area contributed by atoms with Crippen LogP contribution in [0, 0.1) is 0 Å². The van der Waals surface area contributed by atoms with Gasteiger partial charge in [0, 0.05) is 6.54 Å². The Balaban J connectivity index is 0.00000361. The van der Waals surface area contributed by atoms with Gasteiger partial charge in [-0.2, -0.15) is 0 Å². The van der Waals surface area contributed by atoms with Crippen LogP contribution in [0.3, 0.4) is 0 Å². The number of ether oxygens (including phenoxy) is 2. The van der Waals surface area contributed by atoms with Crippen molar-refractivity contribution in [3.63, 3.8) is 0 Å². The van der Waals surface area contributed by atoms with E-state index in [0.717, 1.165) is 18.7 Å². The number of hydrogen-bond acceptors (Lipinski definition) is 4. The highest BCUT2D eigenvalue weighted by molar-refractivity contribution is 5.85. The average Bonchev–Trinajstić information content (AvgIpc) is 2.43. The molecule has 0 heterocycles. The van der Waals surface area contributed by atoms with Crippen molar-refractivity contribution in [2.75, 3.05) is 33.4 Å². The second-order valence-corrected chi connectivity index (χ2v) is 4.00. The van der Waals surface area contributed by atoms with Gasteiger partial charge in [-0.3, -0.25) is 4.79 Å². The zero-order valence-electron chi connectivity index (χ0n) is 12.0. The van der Waals surface area contributed by atoms with Gasteiger partial charge in [0.1, 0.15) is 11.5 Å². The highest BCUT2D eigenvalue weighted by Crippen LogP contribution is 2.17. The topological polar surface area (TPSA) is 59.6 Å². The molecule has 0 aromatic heterocycles. The van der Waals surface area contributed by atoms with Crippen LogP contribution < -0.4 is 20.1 Å². The zero-order valence-corrected chi connectivity index (χ0v) is 12.8. The van der Waals surface area contributed by atoms with Gasteiger partial charge < -0.3 is 20.1 Å². The number of amides is 1. The first-order valence-electron chi connectivity index (χ1n) is 6.53. The van der Waals surface area contributed by atoms with Gasteiger partial charge in [0.25, 0.3) is 5.91 Å². The van der Waals surface area contributed by atoms with Gasteiger partial charge in [0.05, 0.1) is 6.61 Å². The summed E-state index contributed by atoms with van der Waals surface area (Å²) >= 11 is 0. The Labute approximate surface area is 126 Å². The molecule has 0 saturated carbocycles. The number of carbonyl (C=O) groups excluding carboxylic acids is 1. The maximum atomic E-state index is 11.5. The summed E-state index contributed by atoms with van der Waals surface area (Å²) < 4.78 is 10.7. The summed E-state index contributed by atoms with van der Waals surface area (Å²) in [5.41, 5.74) is 0. The number of benzene rings is 1. The maximum Gasteiger partial charge on any atom is 0.257 e. The van der Waals surface area contributed by atoms with Crippen molar-refractivity contribution >= 4 is 18.3 Å². The Morgan fingerprint density at radius 2 is 1.70 bits per heavy atom. The zero-order chi connectivity index (χ0) is 13.9. The normalized spacial score (nSPS) is 9.50. The molecule has 1 amide bonds. The van der Waals surface area contributed by atoms with E-state index in [0.29, 0.717) is 18.9 Å². The lowest BCUT2D eigenvalue weighted by atomic mass is 10.3. The Morgan fingerprint density at radius 1 is 1.10 bits per heavy atom. The van der Waals surface area contributed by atoms with Crippen molar-refractivity contribution < 1.29 is 14.3 Å². The van der Waals surface area contributed by atoms with Crippen molar-refractivity contribution in [3.8, 4) is 11.5 Å². The third-order valence-electron chi connectivity index (χ3n) is 2.43. The quantitative estimate of drug-likeness (QED) is 0.681. The molecule has 1 rings (SSSR count). The Bertz CT molecular complexity index is 371. The predicted molar refractivity (Wildman–Crippen MR) is 81.9 cm³/mol. The van der Waals surface area contributed by atoms with Gasteiger partial charge in [0.2, 0.25) is 0 Å². The van der Waals surface area contributed by atoms with Gasteiger partial charge in [-0.25, -0.2) is 0 Å². The summed E-state index contributed by atoms with van der Waals surface area (Å²) in [5, 5.41) is 5.81. The molecule has 5 nitrogen and oxygen atoms in total. The first kappa shape index (κ1) is 18.5. The minimum atomic E-state index is -0.106. The molecule has 0 saturated heterocycles. The fourth-order valence-corrected chi connectivity index (χ4v) is 1.49. The van der Waals surface area contributed by atoms with Gasteiger partial charge in [0.15, 0.2) is 6.61 Å². The molecule has 0 aliphatic carbocycles. The molecule has 0 aliphatic heterocycles. The van der Waals surface area contributed by atoms with Gasteiger partial charge >= 0.3 is 0 Å². The summed E-state index contributed by atoms with van der Waals surface area (Å²) in [4.78, 5) is 11.5. The number of nitrogens with one attached hydrogen (secondary N) is 2. The van der Waals surface area contributed by atoms with E-state index in [1.165, 1.54) is 0 Å². The fourth-order valence-electron chi connectivity index (χ4n) is 1.49. The Kier molecular flexibility index (Phi) is 10.5. The molecule has 0 fully saturated rings. The molecule has 0 spiro atoms. The molecular weight excluding hydrogens is 280 g/mol. The van der Waals surface area contributed by atoms with Crippen molar-refractivity contribution in [2.45, 2.75) is 13.3 Å². The van der Waals surface area contributed by atoms with Crippen LogP contribution >= 0.6 is 12.4 Å². The second kappa shape index (κ2) is 11.4. The van der Waals surface area contributed by atoms with Crippen LogP contribution in [0.2, 0.25) is 0 Å². The number of halogens is 1. The molecule has 1 aromatic carbocycles. The van der Waals surface area contributed by atoms with E-state index in [4.69, 9.17) is 9.47 Å². The molecule has 114 valence electrons. The monoisotopic (exact) mass is 302 g/mol. The lowest BCUT2D eigenvalue weighted by molar-refractivity contribution is -0.123. The summed E-state index contributed by atoms with van der Waals surface area (Å²) in [5.74, 6) is 1.35. The van der Waals surface area contributed by atoms with Gasteiger partial charge in [-0.1, -0.05) is 0 Å². The lowest BCUT2D eigenvalue weighted by Gasteiger charge is -2.08. The van der Waals surface area contributed by atoms with E-state index in [2.05, 4.69) is 10.6 Å². The molecule has 0 radical (unpaired) electrons. The molecule has 1 aromatic rings. The average molecular weight is 303 g/mol. The molecule has 0 unspecified atom stereocenters. The van der Waals surface area contributed by atoms with E-state index < -0.39 is 0 Å². The second-order valence-electron chi connectivity index (χ2n) is 4.00. The van der Waals surface area contributed by atoms with Crippen molar-refractivity contribution in [1.82, 2.24) is 10.6 Å². The first-order chi connectivity index (χ1) is 9.26. The van der Waals surface area contributed by atoms with Crippen LogP contribution in [0.5, 0.6) is 11.5 Å². The SMILES string of the molecule is CCOc1ccc(OCC(=O)NCCCNC)cc1.Cl. The molecule has 2 N–H and O–H groups in total. The standard InChI is InChI=1S/C14H22N2O3.ClH/c1-3-18-12-5-7-13(8-6-12)19-11-14(17)16-10-4-9-15-2;/h5-8,15H,3-4,9-11H2,1-2H3,(H,16,17);1H. The third kappa shape index (κ3) is 7.86. The lowest BCUT2D eigenvalue weighted by Crippen LogP contribution is -2.30. The van der Waals surface area contributed by atoms with Crippen molar-refractivity contribution in [3.05, 3.63) is 24.3 Å². The van der Waals surface area contributed by atoms with Crippen LogP contribution in [-0.2, 0) is 4.79 Å². The van der Waals surface area contributed by atoms with Crippen LogP contribution in [-0.4, -0.2) is 39.3 Å². The largest absolute Gasteiger partial charge is 0.494 e. The molecule has 0 atom stereocenters. The van der Waals surface area contributed by atoms with Crippen molar-refractivity contribution in [2.24, 2.45) is 0 Å². The van der Waals surface area contributed by atoms with Crippen LogP contribution in [0.1, 0.15) is 13.3 Å². The first-order valence-corrected chi connectivity index (χ1v) is 6.53. The molecular formula is C14H23ClN2O3. The highest BCUT2D eigenvalue weighted by Gasteiger charge is 2.02. The summed E-state index contributed by atoms with van der Waals surface area (Å²) in [6.07, 6.45) is 0.908. The minimum Gasteiger partial charge on any atom is -0.494 e. The van der Waals surface area contributed by atoms with E-state index in [1.807, 2.05) is 26.1 Å². The fraction of sp³-hybridized carbons (Fsp3) is 0.500. The van der Waals surface area contributed by atoms with Crippen LogP contribution in [0.25, 0.3) is 0 Å². The predicted octanol–water partition coefficient (Wildman–Crippen LogP) is 1.61. The smallest absolute Gasteiger partial charge is 0.257 e. The van der Waals surface area contributed by atoms with E-state index in [1.54, 1.807) is 12.1 Å². The van der Waals surface area contributed by atoms with Gasteiger partial charge in [-0.05, 0) is 51.2 Å². The van der Waals surface area contributed by atoms with Crippen molar-refractivity contribution in [1.29, 1.82) is 0 Å². The highest BCUT2D eigenvalue weighted by atomic mass is 35.5. The van der Waals surface area contributed by atoms with E-state index >= 15 is 0 Å². The molecule has 6 heteroatoms. The van der Waals surface area contributed by atoms with Crippen LogP contribution in [0.15, 0.2) is 24.3 Å². The molecule has 20 heavy (non-hydrogen) atoms. The van der Waals surface area contributed by atoms with Crippen LogP contribution in [0.4, 0.5) is 0 Å². The number of hydrogen-bond donors (Lipinski definition) is 2. The Hall–Kier alpha value is -1.46. The summed E-state index contributed by atoms with van der Waals surface area (Å²) in [7, 11) is 1.89. The number of carbonyl (C=O) groups is 1. The molecule has 0 aliphatic rings. The third-order valence-corrected chi connectivity index (χ3v) is 2.43. The molecule has 0 bridgehead atoms. The van der Waals surface area contributed by atoms with E-state index in [-0.39, 0.29) is 24.9 Å². The maximum absolute atomic E-state index is 11.5. The summed E-state index contributed by atoms with van der Waals surface area (Å²) in [6, 6.07) is 7.23. The van der Waals surface area contributed by atoms with E-state index in [9.17, 15) is 4.79 Å².